The lowest BCUT2D eigenvalue weighted by atomic mass is 10.1. The van der Waals surface area contributed by atoms with E-state index in [0.29, 0.717) is 23.1 Å². The Labute approximate surface area is 115 Å². The van der Waals surface area contributed by atoms with E-state index in [2.05, 4.69) is 19.9 Å². The van der Waals surface area contributed by atoms with Crippen molar-refractivity contribution in [2.45, 2.75) is 0 Å². The van der Waals surface area contributed by atoms with E-state index < -0.39 is 0 Å². The summed E-state index contributed by atoms with van der Waals surface area (Å²) in [6, 6.07) is 5.68. The van der Waals surface area contributed by atoms with Gasteiger partial charge < -0.3 is 19.4 Å². The molecule has 3 rings (SSSR count). The maximum atomic E-state index is 5.30. The Morgan fingerprint density at radius 2 is 1.85 bits per heavy atom. The standard InChI is InChI=1S/C14H14N4O2/c1-19-11-4-3-9(7-12(11)20-2)10-8-17-14(18-10)13-15-5-6-16-13/h3-8H,1-2H3,(H,15,16)(H,17,18). The number of H-pyrrole nitrogens is 2. The minimum absolute atomic E-state index is 0.674. The number of aromatic amines is 2. The van der Waals surface area contributed by atoms with Crippen LogP contribution in [0.5, 0.6) is 11.5 Å². The lowest BCUT2D eigenvalue weighted by Gasteiger charge is -2.08. The first-order valence-electron chi connectivity index (χ1n) is 6.09. The molecule has 0 spiro atoms. The van der Waals surface area contributed by atoms with Gasteiger partial charge in [-0.2, -0.15) is 0 Å². The Morgan fingerprint density at radius 3 is 2.55 bits per heavy atom. The summed E-state index contributed by atoms with van der Waals surface area (Å²) in [5.74, 6) is 2.77. The predicted octanol–water partition coefficient (Wildman–Crippen LogP) is 2.48. The summed E-state index contributed by atoms with van der Waals surface area (Å²) in [5.41, 5.74) is 1.76. The molecule has 102 valence electrons. The number of methoxy groups -OCH3 is 2. The van der Waals surface area contributed by atoms with Crippen molar-refractivity contribution in [2.24, 2.45) is 0 Å². The average molecular weight is 270 g/mol. The normalized spacial score (nSPS) is 10.5. The monoisotopic (exact) mass is 270 g/mol. The van der Waals surface area contributed by atoms with Crippen LogP contribution in [0.25, 0.3) is 22.9 Å². The second-order valence-electron chi connectivity index (χ2n) is 4.14. The van der Waals surface area contributed by atoms with Crippen molar-refractivity contribution in [3.8, 4) is 34.4 Å². The minimum Gasteiger partial charge on any atom is -0.493 e. The number of ether oxygens (including phenoxy) is 2. The molecule has 6 nitrogen and oxygen atoms in total. The van der Waals surface area contributed by atoms with E-state index in [-0.39, 0.29) is 0 Å². The minimum atomic E-state index is 0.674. The highest BCUT2D eigenvalue weighted by molar-refractivity contribution is 5.65. The molecule has 0 saturated heterocycles. The lowest BCUT2D eigenvalue weighted by molar-refractivity contribution is 0.355. The van der Waals surface area contributed by atoms with E-state index >= 15 is 0 Å². The molecule has 2 N–H and O–H groups in total. The van der Waals surface area contributed by atoms with Crippen LogP contribution < -0.4 is 9.47 Å². The summed E-state index contributed by atoms with van der Waals surface area (Å²) in [4.78, 5) is 14.8. The van der Waals surface area contributed by atoms with Gasteiger partial charge in [-0.25, -0.2) is 9.97 Å². The molecule has 0 amide bonds. The highest BCUT2D eigenvalue weighted by Crippen LogP contribution is 2.32. The molecule has 0 radical (unpaired) electrons. The molecule has 0 atom stereocenters. The molecule has 2 aromatic heterocycles. The van der Waals surface area contributed by atoms with E-state index in [4.69, 9.17) is 9.47 Å². The van der Waals surface area contributed by atoms with Gasteiger partial charge in [-0.1, -0.05) is 0 Å². The van der Waals surface area contributed by atoms with Crippen molar-refractivity contribution in [1.29, 1.82) is 0 Å². The average Bonchev–Trinajstić information content (AvgIpc) is 3.16. The molecule has 2 heterocycles. The molecule has 0 aliphatic rings. The van der Waals surface area contributed by atoms with Gasteiger partial charge in [0.25, 0.3) is 0 Å². The van der Waals surface area contributed by atoms with Crippen LogP contribution in [0.2, 0.25) is 0 Å². The molecule has 3 aromatic rings. The number of nitrogens with one attached hydrogen (secondary N) is 2. The van der Waals surface area contributed by atoms with Gasteiger partial charge >= 0.3 is 0 Å². The largest absolute Gasteiger partial charge is 0.493 e. The first-order chi connectivity index (χ1) is 9.81. The highest BCUT2D eigenvalue weighted by atomic mass is 16.5. The summed E-state index contributed by atoms with van der Waals surface area (Å²) < 4.78 is 10.5. The van der Waals surface area contributed by atoms with Crippen molar-refractivity contribution in [3.05, 3.63) is 36.8 Å². The van der Waals surface area contributed by atoms with Crippen LogP contribution in [0, 0.1) is 0 Å². The number of benzene rings is 1. The van der Waals surface area contributed by atoms with Crippen LogP contribution in [0.3, 0.4) is 0 Å². The molecular weight excluding hydrogens is 256 g/mol. The number of imidazole rings is 2. The fourth-order valence-electron chi connectivity index (χ4n) is 1.98. The second-order valence-corrected chi connectivity index (χ2v) is 4.14. The molecule has 0 aliphatic carbocycles. The van der Waals surface area contributed by atoms with Crippen molar-refractivity contribution in [1.82, 2.24) is 19.9 Å². The zero-order chi connectivity index (χ0) is 13.9. The van der Waals surface area contributed by atoms with Gasteiger partial charge in [-0.05, 0) is 18.2 Å². The number of hydrogen-bond donors (Lipinski definition) is 2. The van der Waals surface area contributed by atoms with E-state index in [1.165, 1.54) is 0 Å². The van der Waals surface area contributed by atoms with Gasteiger partial charge in [0.05, 0.1) is 19.9 Å². The fraction of sp³-hybridized carbons (Fsp3) is 0.143. The molecule has 20 heavy (non-hydrogen) atoms. The molecule has 0 aliphatic heterocycles. The first kappa shape index (κ1) is 12.3. The van der Waals surface area contributed by atoms with E-state index in [0.717, 1.165) is 11.3 Å². The molecule has 0 fully saturated rings. The lowest BCUT2D eigenvalue weighted by Crippen LogP contribution is -1.91. The van der Waals surface area contributed by atoms with Crippen molar-refractivity contribution in [2.75, 3.05) is 14.2 Å². The Kier molecular flexibility index (Phi) is 3.12. The number of hydrogen-bond acceptors (Lipinski definition) is 4. The number of aromatic nitrogens is 4. The van der Waals surface area contributed by atoms with Crippen LogP contribution in [0.4, 0.5) is 0 Å². The molecule has 6 heteroatoms. The van der Waals surface area contributed by atoms with Gasteiger partial charge in [-0.15, -0.1) is 0 Å². The zero-order valence-corrected chi connectivity index (χ0v) is 11.2. The summed E-state index contributed by atoms with van der Waals surface area (Å²) in [7, 11) is 3.22. The van der Waals surface area contributed by atoms with E-state index in [1.807, 2.05) is 24.4 Å². The van der Waals surface area contributed by atoms with Crippen LogP contribution in [-0.2, 0) is 0 Å². The third kappa shape index (κ3) is 2.11. The van der Waals surface area contributed by atoms with Crippen LogP contribution in [0.1, 0.15) is 0 Å². The third-order valence-corrected chi connectivity index (χ3v) is 2.98. The smallest absolute Gasteiger partial charge is 0.174 e. The van der Waals surface area contributed by atoms with Crippen LogP contribution >= 0.6 is 0 Å². The van der Waals surface area contributed by atoms with Crippen molar-refractivity contribution in [3.63, 3.8) is 0 Å². The van der Waals surface area contributed by atoms with Crippen LogP contribution in [0.15, 0.2) is 36.8 Å². The molecular formula is C14H14N4O2. The number of rotatable bonds is 4. The second kappa shape index (κ2) is 5.08. The highest BCUT2D eigenvalue weighted by Gasteiger charge is 2.10. The quantitative estimate of drug-likeness (QED) is 0.763. The summed E-state index contributed by atoms with van der Waals surface area (Å²) in [6.07, 6.45) is 5.28. The third-order valence-electron chi connectivity index (χ3n) is 2.98. The predicted molar refractivity (Wildman–Crippen MR) is 74.7 cm³/mol. The summed E-state index contributed by atoms with van der Waals surface area (Å²) >= 11 is 0. The Bertz CT molecular complexity index is 704. The first-order valence-corrected chi connectivity index (χ1v) is 6.09. The Balaban J connectivity index is 1.97. The Hall–Kier alpha value is -2.76. The maximum Gasteiger partial charge on any atom is 0.174 e. The maximum absolute atomic E-state index is 5.30. The van der Waals surface area contributed by atoms with Crippen molar-refractivity contribution >= 4 is 0 Å². The molecule has 0 bridgehead atoms. The van der Waals surface area contributed by atoms with Crippen molar-refractivity contribution < 1.29 is 9.47 Å². The van der Waals surface area contributed by atoms with Gasteiger partial charge in [0.2, 0.25) is 0 Å². The van der Waals surface area contributed by atoms with Gasteiger partial charge in [0, 0.05) is 24.2 Å². The molecule has 1 aromatic carbocycles. The van der Waals surface area contributed by atoms with E-state index in [9.17, 15) is 0 Å². The number of nitrogens with zero attached hydrogens (tertiary/aromatic N) is 2. The Morgan fingerprint density at radius 1 is 1.00 bits per heavy atom. The van der Waals surface area contributed by atoms with E-state index in [1.54, 1.807) is 26.6 Å². The van der Waals surface area contributed by atoms with Crippen LogP contribution in [-0.4, -0.2) is 34.2 Å². The summed E-state index contributed by atoms with van der Waals surface area (Å²) in [6.45, 7) is 0. The molecule has 0 unspecified atom stereocenters. The fourth-order valence-corrected chi connectivity index (χ4v) is 1.98. The summed E-state index contributed by atoms with van der Waals surface area (Å²) in [5, 5.41) is 0. The van der Waals surface area contributed by atoms with Gasteiger partial charge in [0.1, 0.15) is 0 Å². The SMILES string of the molecule is COc1ccc(-c2c[nH]c(-c3ncc[nH]3)n2)cc1OC. The van der Waals surface area contributed by atoms with Gasteiger partial charge in [0.15, 0.2) is 23.1 Å². The van der Waals surface area contributed by atoms with Gasteiger partial charge in [-0.3, -0.25) is 0 Å². The zero-order valence-electron chi connectivity index (χ0n) is 11.2. The topological polar surface area (TPSA) is 75.8 Å². The molecule has 0 saturated carbocycles.